The van der Waals surface area contributed by atoms with Crippen LogP contribution in [0.4, 0.5) is 0 Å². The van der Waals surface area contributed by atoms with E-state index < -0.39 is 0 Å². The van der Waals surface area contributed by atoms with Crippen LogP contribution in [-0.4, -0.2) is 22.1 Å². The number of benzene rings is 1. The van der Waals surface area contributed by atoms with E-state index in [-0.39, 0.29) is 11.9 Å². The number of hydrogen-bond donors (Lipinski definition) is 2. The van der Waals surface area contributed by atoms with Crippen molar-refractivity contribution < 1.29 is 4.79 Å². The van der Waals surface area contributed by atoms with Gasteiger partial charge in [-0.3, -0.25) is 9.89 Å². The molecule has 0 radical (unpaired) electrons. The first-order chi connectivity index (χ1) is 10.8. The molecule has 1 aromatic heterocycles. The third-order valence-electron chi connectivity index (χ3n) is 5.41. The summed E-state index contributed by atoms with van der Waals surface area (Å²) in [6.45, 7) is 0. The van der Waals surface area contributed by atoms with Crippen molar-refractivity contribution in [1.82, 2.24) is 15.5 Å². The zero-order valence-corrected chi connectivity index (χ0v) is 12.5. The number of aromatic amines is 1. The monoisotopic (exact) mass is 295 g/mol. The van der Waals surface area contributed by atoms with Gasteiger partial charge in [-0.2, -0.15) is 5.10 Å². The minimum atomic E-state index is -0.0348. The summed E-state index contributed by atoms with van der Waals surface area (Å²) in [7, 11) is 0. The van der Waals surface area contributed by atoms with Crippen LogP contribution in [0.15, 0.2) is 42.6 Å². The highest BCUT2D eigenvalue weighted by molar-refractivity contribution is 5.92. The van der Waals surface area contributed by atoms with Gasteiger partial charge in [-0.1, -0.05) is 43.2 Å². The van der Waals surface area contributed by atoms with Crippen LogP contribution in [0.2, 0.25) is 0 Å². The zero-order valence-electron chi connectivity index (χ0n) is 12.5. The molecule has 1 aromatic carbocycles. The first kappa shape index (κ1) is 13.6. The Kier molecular flexibility index (Phi) is 3.45. The van der Waals surface area contributed by atoms with E-state index >= 15 is 0 Å². The van der Waals surface area contributed by atoms with Gasteiger partial charge >= 0.3 is 0 Å². The molecular formula is C18H21N3O. The number of carbonyl (C=O) groups is 1. The number of hydrogen-bond acceptors (Lipinski definition) is 2. The van der Waals surface area contributed by atoms with Crippen LogP contribution in [0.5, 0.6) is 0 Å². The molecule has 114 valence electrons. The normalized spacial score (nSPS) is 30.2. The van der Waals surface area contributed by atoms with Gasteiger partial charge in [0.05, 0.1) is 0 Å². The fourth-order valence-electron chi connectivity index (χ4n) is 4.41. The predicted molar refractivity (Wildman–Crippen MR) is 84.5 cm³/mol. The summed E-state index contributed by atoms with van der Waals surface area (Å²) in [5.41, 5.74) is 1.91. The van der Waals surface area contributed by atoms with Crippen LogP contribution in [0.25, 0.3) is 0 Å². The summed E-state index contributed by atoms with van der Waals surface area (Å²) in [6, 6.07) is 12.6. The van der Waals surface area contributed by atoms with Crippen LogP contribution in [0.3, 0.4) is 0 Å². The summed E-state index contributed by atoms with van der Waals surface area (Å²) >= 11 is 0. The molecule has 4 atom stereocenters. The Labute approximate surface area is 130 Å². The van der Waals surface area contributed by atoms with E-state index in [0.29, 0.717) is 17.5 Å². The lowest BCUT2D eigenvalue weighted by molar-refractivity contribution is 0.0250. The van der Waals surface area contributed by atoms with Gasteiger partial charge in [0.15, 0.2) is 0 Å². The van der Waals surface area contributed by atoms with E-state index in [2.05, 4.69) is 45.8 Å². The van der Waals surface area contributed by atoms with E-state index in [1.165, 1.54) is 31.2 Å². The minimum Gasteiger partial charge on any atom is -0.347 e. The van der Waals surface area contributed by atoms with Gasteiger partial charge in [-0.15, -0.1) is 0 Å². The molecule has 2 aliphatic carbocycles. The fraction of sp³-hybridized carbons (Fsp3) is 0.444. The van der Waals surface area contributed by atoms with Crippen molar-refractivity contribution in [3.05, 3.63) is 53.9 Å². The number of aromatic nitrogens is 2. The first-order valence-corrected chi connectivity index (χ1v) is 8.20. The number of H-pyrrole nitrogens is 1. The minimum absolute atomic E-state index is 0.0348. The molecule has 0 aliphatic heterocycles. The van der Waals surface area contributed by atoms with Crippen LogP contribution in [0.1, 0.15) is 47.7 Å². The molecule has 4 nitrogen and oxygen atoms in total. The molecule has 0 spiro atoms. The van der Waals surface area contributed by atoms with E-state index in [1.807, 2.05) is 0 Å². The molecule has 2 saturated carbocycles. The Morgan fingerprint density at radius 1 is 1.09 bits per heavy atom. The van der Waals surface area contributed by atoms with E-state index in [1.54, 1.807) is 12.3 Å². The molecule has 0 saturated heterocycles. The van der Waals surface area contributed by atoms with Crippen LogP contribution in [0, 0.1) is 11.8 Å². The largest absolute Gasteiger partial charge is 0.347 e. The number of amides is 1. The van der Waals surface area contributed by atoms with Crippen molar-refractivity contribution in [2.75, 3.05) is 0 Å². The summed E-state index contributed by atoms with van der Waals surface area (Å²) in [5.74, 6) is 1.78. The van der Waals surface area contributed by atoms with E-state index in [4.69, 9.17) is 0 Å². The molecule has 1 amide bonds. The molecular weight excluding hydrogens is 274 g/mol. The average molecular weight is 295 g/mol. The second kappa shape index (κ2) is 5.59. The van der Waals surface area contributed by atoms with Crippen LogP contribution in [-0.2, 0) is 0 Å². The van der Waals surface area contributed by atoms with Crippen molar-refractivity contribution >= 4 is 5.91 Å². The van der Waals surface area contributed by atoms with Gasteiger partial charge in [-0.25, -0.2) is 0 Å². The fourth-order valence-corrected chi connectivity index (χ4v) is 4.41. The van der Waals surface area contributed by atoms with Crippen LogP contribution >= 0.6 is 0 Å². The summed E-state index contributed by atoms with van der Waals surface area (Å²) in [4.78, 5) is 12.4. The van der Waals surface area contributed by atoms with Gasteiger partial charge in [0.2, 0.25) is 0 Å². The maximum atomic E-state index is 12.4. The lowest BCUT2D eigenvalue weighted by Gasteiger charge is -2.55. The Bertz CT molecular complexity index is 638. The number of rotatable bonds is 3. The molecule has 1 heterocycles. The molecule has 4 heteroatoms. The lowest BCUT2D eigenvalue weighted by Crippen LogP contribution is -2.59. The molecule has 0 unspecified atom stereocenters. The molecule has 0 bridgehead atoms. The summed E-state index contributed by atoms with van der Waals surface area (Å²) in [6.07, 6.45) is 6.77. The Balaban J connectivity index is 1.57. The molecule has 2 N–H and O–H groups in total. The number of nitrogens with one attached hydrogen (secondary N) is 2. The number of nitrogens with zero attached hydrogens (tertiary/aromatic N) is 1. The van der Waals surface area contributed by atoms with Crippen molar-refractivity contribution in [3.63, 3.8) is 0 Å². The summed E-state index contributed by atoms with van der Waals surface area (Å²) < 4.78 is 0. The first-order valence-electron chi connectivity index (χ1n) is 8.20. The smallest absolute Gasteiger partial charge is 0.269 e. The topological polar surface area (TPSA) is 57.8 Å². The highest BCUT2D eigenvalue weighted by Gasteiger charge is 2.51. The maximum Gasteiger partial charge on any atom is 0.269 e. The van der Waals surface area contributed by atoms with E-state index in [0.717, 1.165) is 5.92 Å². The standard InChI is InChI=1S/C18H21N3O/c22-18(15-10-11-19-21-15)20-17-14-9-5-4-8-13(14)16(17)12-6-2-1-3-7-12/h1-3,6-7,10-11,13-14,16-17H,4-5,8-9H2,(H,19,21)(H,20,22)/t13-,14-,16-,17-/m0/s1. The third kappa shape index (κ3) is 2.23. The van der Waals surface area contributed by atoms with Crippen molar-refractivity contribution in [3.8, 4) is 0 Å². The molecule has 22 heavy (non-hydrogen) atoms. The predicted octanol–water partition coefficient (Wildman–Crippen LogP) is 3.11. The lowest BCUT2D eigenvalue weighted by atomic mass is 9.53. The van der Waals surface area contributed by atoms with Gasteiger partial charge in [0.1, 0.15) is 5.69 Å². The second-order valence-electron chi connectivity index (χ2n) is 6.52. The molecule has 2 fully saturated rings. The zero-order chi connectivity index (χ0) is 14.9. The van der Waals surface area contributed by atoms with Crippen molar-refractivity contribution in [2.24, 2.45) is 11.8 Å². The van der Waals surface area contributed by atoms with Gasteiger partial charge in [0.25, 0.3) is 5.91 Å². The number of carbonyl (C=O) groups excluding carboxylic acids is 1. The number of fused-ring (bicyclic) bond motifs is 1. The third-order valence-corrected chi connectivity index (χ3v) is 5.41. The van der Waals surface area contributed by atoms with Crippen LogP contribution < -0.4 is 5.32 Å². The van der Waals surface area contributed by atoms with Crippen molar-refractivity contribution in [2.45, 2.75) is 37.6 Å². The second-order valence-corrected chi connectivity index (χ2v) is 6.52. The summed E-state index contributed by atoms with van der Waals surface area (Å²) in [5, 5.41) is 9.88. The molecule has 2 aliphatic rings. The Morgan fingerprint density at radius 2 is 1.86 bits per heavy atom. The van der Waals surface area contributed by atoms with Gasteiger partial charge < -0.3 is 5.32 Å². The quantitative estimate of drug-likeness (QED) is 0.914. The molecule has 4 rings (SSSR count). The van der Waals surface area contributed by atoms with E-state index in [9.17, 15) is 4.79 Å². The maximum absolute atomic E-state index is 12.4. The highest BCUT2D eigenvalue weighted by Crippen LogP contribution is 2.54. The van der Waals surface area contributed by atoms with Crippen molar-refractivity contribution in [1.29, 1.82) is 0 Å². The highest BCUT2D eigenvalue weighted by atomic mass is 16.2. The average Bonchev–Trinajstić information content (AvgIpc) is 3.08. The van der Waals surface area contributed by atoms with Gasteiger partial charge in [0, 0.05) is 18.2 Å². The SMILES string of the molecule is O=C(N[C@H]1[C@H]2CCCC[C@@H]2[C@@H]1c1ccccc1)c1ccn[nH]1. The molecule has 2 aromatic rings. The van der Waals surface area contributed by atoms with Gasteiger partial charge in [-0.05, 0) is 36.3 Å². The Morgan fingerprint density at radius 3 is 2.59 bits per heavy atom. The Hall–Kier alpha value is -2.10.